The maximum Gasteiger partial charge on any atom is 0.293 e. The van der Waals surface area contributed by atoms with Crippen LogP contribution in [-0.4, -0.2) is 58.4 Å². The molecule has 0 radical (unpaired) electrons. The van der Waals surface area contributed by atoms with Crippen LogP contribution in [0.3, 0.4) is 0 Å². The molecule has 1 aromatic heterocycles. The molecule has 166 valence electrons. The van der Waals surface area contributed by atoms with Gasteiger partial charge in [-0.2, -0.15) is 0 Å². The van der Waals surface area contributed by atoms with Gasteiger partial charge in [0.1, 0.15) is 17.3 Å². The number of piperazine rings is 1. The number of anilines is 2. The summed E-state index contributed by atoms with van der Waals surface area (Å²) in [6, 6.07) is 5.15. The quantitative estimate of drug-likeness (QED) is 0.559. The fourth-order valence-electron chi connectivity index (χ4n) is 3.57. The van der Waals surface area contributed by atoms with Crippen LogP contribution in [0.1, 0.15) is 42.4 Å². The molecular formula is C22H30N6O3. The molecule has 2 heterocycles. The van der Waals surface area contributed by atoms with Crippen molar-refractivity contribution in [2.24, 2.45) is 0 Å². The van der Waals surface area contributed by atoms with E-state index < -0.39 is 4.92 Å². The lowest BCUT2D eigenvalue weighted by molar-refractivity contribution is -0.384. The highest BCUT2D eigenvalue weighted by Gasteiger charge is 2.23. The van der Waals surface area contributed by atoms with Gasteiger partial charge in [0.25, 0.3) is 5.69 Å². The monoisotopic (exact) mass is 426 g/mol. The van der Waals surface area contributed by atoms with Crippen molar-refractivity contribution >= 4 is 23.1 Å². The van der Waals surface area contributed by atoms with E-state index in [0.29, 0.717) is 13.1 Å². The first-order valence-electron chi connectivity index (χ1n) is 10.5. The van der Waals surface area contributed by atoms with Crippen LogP contribution in [-0.2, 0) is 4.79 Å². The maximum absolute atomic E-state index is 12.6. The molecule has 3 rings (SSSR count). The summed E-state index contributed by atoms with van der Waals surface area (Å²) < 4.78 is 0. The number of amides is 1. The highest BCUT2D eigenvalue weighted by atomic mass is 16.6. The number of rotatable bonds is 6. The second-order valence-corrected chi connectivity index (χ2v) is 8.40. The first-order valence-corrected chi connectivity index (χ1v) is 10.5. The van der Waals surface area contributed by atoms with Crippen molar-refractivity contribution in [2.45, 2.75) is 40.5 Å². The van der Waals surface area contributed by atoms with Crippen molar-refractivity contribution < 1.29 is 9.72 Å². The normalized spacial score (nSPS) is 14.7. The number of aryl methyl sites for hydroxylation is 3. The molecule has 0 saturated carbocycles. The van der Waals surface area contributed by atoms with Gasteiger partial charge in [-0.3, -0.25) is 19.8 Å². The minimum Gasteiger partial charge on any atom is -0.354 e. The number of carbonyl (C=O) groups excluding carboxylic acids is 1. The number of nitro groups is 1. The number of nitrogens with one attached hydrogen (secondary N) is 1. The van der Waals surface area contributed by atoms with Gasteiger partial charge in [0.15, 0.2) is 0 Å². The molecule has 1 N–H and O–H groups in total. The van der Waals surface area contributed by atoms with Crippen molar-refractivity contribution in [2.75, 3.05) is 42.9 Å². The van der Waals surface area contributed by atoms with Gasteiger partial charge < -0.3 is 10.2 Å². The Balaban J connectivity index is 1.60. The van der Waals surface area contributed by atoms with E-state index in [9.17, 15) is 14.9 Å². The Morgan fingerprint density at radius 1 is 1.10 bits per heavy atom. The lowest BCUT2D eigenvalue weighted by Crippen LogP contribution is -2.49. The highest BCUT2D eigenvalue weighted by molar-refractivity contribution is 5.94. The molecule has 9 heteroatoms. The van der Waals surface area contributed by atoms with Crippen molar-refractivity contribution in [3.8, 4) is 0 Å². The highest BCUT2D eigenvalue weighted by Crippen LogP contribution is 2.28. The minimum absolute atomic E-state index is 0.0821. The lowest BCUT2D eigenvalue weighted by Gasteiger charge is -2.35. The van der Waals surface area contributed by atoms with Gasteiger partial charge in [-0.25, -0.2) is 9.97 Å². The Kier molecular flexibility index (Phi) is 6.84. The van der Waals surface area contributed by atoms with Crippen molar-refractivity contribution in [3.05, 3.63) is 51.0 Å². The third kappa shape index (κ3) is 5.55. The summed E-state index contributed by atoms with van der Waals surface area (Å²) in [4.78, 5) is 36.9. The van der Waals surface area contributed by atoms with E-state index in [1.807, 2.05) is 26.8 Å². The topological polar surface area (TPSA) is 104 Å². The molecule has 0 unspecified atom stereocenters. The molecule has 1 saturated heterocycles. The van der Waals surface area contributed by atoms with Gasteiger partial charge in [0, 0.05) is 49.9 Å². The number of aromatic nitrogens is 2. The summed E-state index contributed by atoms with van der Waals surface area (Å²) >= 11 is 0. The van der Waals surface area contributed by atoms with Crippen LogP contribution in [0.25, 0.3) is 0 Å². The van der Waals surface area contributed by atoms with E-state index in [0.717, 1.165) is 41.6 Å². The van der Waals surface area contributed by atoms with Crippen LogP contribution in [0.4, 0.5) is 17.2 Å². The summed E-state index contributed by atoms with van der Waals surface area (Å²) in [5.41, 5.74) is 2.83. The van der Waals surface area contributed by atoms with Crippen LogP contribution in [0.2, 0.25) is 0 Å². The van der Waals surface area contributed by atoms with Crippen LogP contribution in [0.5, 0.6) is 0 Å². The largest absolute Gasteiger partial charge is 0.354 e. The number of nitro benzene ring substituents is 1. The Morgan fingerprint density at radius 3 is 2.35 bits per heavy atom. The standard InChI is InChI=1S/C22H30N6O3/c1-14(2)22-23-17(5)12-20(25-22)27-8-6-26(7-9-27)13-21(29)24-18-10-15(3)16(4)11-19(18)28(30)31/h10-12,14H,6-9,13H2,1-5H3,(H,24,29). The van der Waals surface area contributed by atoms with Gasteiger partial charge in [0.05, 0.1) is 11.5 Å². The molecule has 1 aliphatic rings. The van der Waals surface area contributed by atoms with Crippen LogP contribution >= 0.6 is 0 Å². The number of benzene rings is 1. The summed E-state index contributed by atoms with van der Waals surface area (Å²) in [6.07, 6.45) is 0. The molecule has 2 aromatic rings. The third-order valence-electron chi connectivity index (χ3n) is 5.52. The van der Waals surface area contributed by atoms with E-state index >= 15 is 0 Å². The van der Waals surface area contributed by atoms with Gasteiger partial charge in [-0.15, -0.1) is 0 Å². The molecule has 0 aliphatic carbocycles. The molecule has 1 aromatic carbocycles. The molecule has 1 amide bonds. The van der Waals surface area contributed by atoms with Gasteiger partial charge in [-0.1, -0.05) is 13.8 Å². The predicted octanol–water partition coefficient (Wildman–Crippen LogP) is 3.19. The summed E-state index contributed by atoms with van der Waals surface area (Å²) in [7, 11) is 0. The molecule has 0 bridgehead atoms. The number of nitrogens with zero attached hydrogens (tertiary/aromatic N) is 5. The number of carbonyl (C=O) groups is 1. The Morgan fingerprint density at radius 2 is 1.74 bits per heavy atom. The van der Waals surface area contributed by atoms with Crippen molar-refractivity contribution in [1.29, 1.82) is 0 Å². The Labute approximate surface area is 182 Å². The zero-order valence-corrected chi connectivity index (χ0v) is 18.8. The number of hydrogen-bond donors (Lipinski definition) is 1. The van der Waals surface area contributed by atoms with Gasteiger partial charge in [0.2, 0.25) is 5.91 Å². The third-order valence-corrected chi connectivity index (χ3v) is 5.52. The van der Waals surface area contributed by atoms with Gasteiger partial charge >= 0.3 is 0 Å². The molecule has 0 atom stereocenters. The fraction of sp³-hybridized carbons (Fsp3) is 0.500. The van der Waals surface area contributed by atoms with E-state index in [1.165, 1.54) is 6.07 Å². The second-order valence-electron chi connectivity index (χ2n) is 8.40. The number of hydrogen-bond acceptors (Lipinski definition) is 7. The second kappa shape index (κ2) is 9.38. The summed E-state index contributed by atoms with van der Waals surface area (Å²) in [6.45, 7) is 12.9. The zero-order chi connectivity index (χ0) is 22.7. The summed E-state index contributed by atoms with van der Waals surface area (Å²) in [5.74, 6) is 1.77. The van der Waals surface area contributed by atoms with Crippen molar-refractivity contribution in [3.63, 3.8) is 0 Å². The minimum atomic E-state index is -0.462. The van der Waals surface area contributed by atoms with Crippen molar-refractivity contribution in [1.82, 2.24) is 14.9 Å². The van der Waals surface area contributed by atoms with Crippen LogP contribution < -0.4 is 10.2 Å². The van der Waals surface area contributed by atoms with Crippen LogP contribution in [0, 0.1) is 30.9 Å². The Bertz CT molecular complexity index is 983. The molecular weight excluding hydrogens is 396 g/mol. The smallest absolute Gasteiger partial charge is 0.293 e. The van der Waals surface area contributed by atoms with E-state index in [-0.39, 0.29) is 29.7 Å². The van der Waals surface area contributed by atoms with E-state index in [1.54, 1.807) is 6.07 Å². The Hall–Kier alpha value is -3.07. The zero-order valence-electron chi connectivity index (χ0n) is 18.8. The average Bonchev–Trinajstić information content (AvgIpc) is 2.70. The van der Waals surface area contributed by atoms with Crippen LogP contribution in [0.15, 0.2) is 18.2 Å². The average molecular weight is 427 g/mol. The lowest BCUT2D eigenvalue weighted by atomic mass is 10.1. The maximum atomic E-state index is 12.6. The predicted molar refractivity (Wildman–Crippen MR) is 121 cm³/mol. The molecule has 1 aliphatic heterocycles. The molecule has 1 fully saturated rings. The first-order chi connectivity index (χ1) is 14.6. The first kappa shape index (κ1) is 22.6. The molecule has 9 nitrogen and oxygen atoms in total. The fourth-order valence-corrected chi connectivity index (χ4v) is 3.57. The van der Waals surface area contributed by atoms with E-state index in [4.69, 9.17) is 4.98 Å². The molecule has 31 heavy (non-hydrogen) atoms. The van der Waals surface area contributed by atoms with Gasteiger partial charge in [-0.05, 0) is 38.0 Å². The van der Waals surface area contributed by atoms with E-state index in [2.05, 4.69) is 33.9 Å². The molecule has 0 spiro atoms. The summed E-state index contributed by atoms with van der Waals surface area (Å²) in [5, 5.41) is 14.1. The SMILES string of the molecule is Cc1cc(N2CCN(CC(=O)Nc3cc(C)c(C)cc3[N+](=O)[O-])CC2)nc(C(C)C)n1.